The average Bonchev–Trinajstić information content (AvgIpc) is 3.10. The number of urea groups is 1. The van der Waals surface area contributed by atoms with Crippen LogP contribution in [0.2, 0.25) is 0 Å². The number of rotatable bonds is 4. The van der Waals surface area contributed by atoms with Gasteiger partial charge in [-0.25, -0.2) is 4.79 Å². The first kappa shape index (κ1) is 17.6. The summed E-state index contributed by atoms with van der Waals surface area (Å²) in [4.78, 5) is 19.5. The second-order valence-corrected chi connectivity index (χ2v) is 7.46. The molecule has 0 saturated carbocycles. The Bertz CT molecular complexity index is 926. The Morgan fingerprint density at radius 3 is 2.63 bits per heavy atom. The summed E-state index contributed by atoms with van der Waals surface area (Å²) in [7, 11) is 2.18. The summed E-state index contributed by atoms with van der Waals surface area (Å²) in [5.74, 6) is 0.557. The Balaban J connectivity index is 1.66. The van der Waals surface area contributed by atoms with E-state index < -0.39 is 6.03 Å². The number of nitrogens with two attached hydrogens (primary N) is 1. The smallest absolute Gasteiger partial charge is 0.319 e. The van der Waals surface area contributed by atoms with Crippen LogP contribution >= 0.6 is 0 Å². The van der Waals surface area contributed by atoms with Crippen LogP contribution < -0.4 is 10.6 Å². The lowest BCUT2D eigenvalue weighted by Crippen LogP contribution is -2.35. The molecular formula is C22H26N4O. The molecule has 1 aliphatic heterocycles. The number of aromatic nitrogens is 1. The van der Waals surface area contributed by atoms with Gasteiger partial charge in [0.1, 0.15) is 0 Å². The van der Waals surface area contributed by atoms with Crippen LogP contribution in [0.5, 0.6) is 0 Å². The number of carbonyl (C=O) groups is 1. The zero-order valence-electron chi connectivity index (χ0n) is 15.7. The first-order valence-corrected chi connectivity index (χ1v) is 9.52. The van der Waals surface area contributed by atoms with Crippen molar-refractivity contribution in [1.29, 1.82) is 0 Å². The fraction of sp³-hybridized carbons (Fsp3) is 0.318. The van der Waals surface area contributed by atoms with Crippen LogP contribution in [0.25, 0.3) is 10.9 Å². The second-order valence-electron chi connectivity index (χ2n) is 7.46. The Kier molecular flexibility index (Phi) is 4.86. The van der Waals surface area contributed by atoms with Crippen LogP contribution in [0.1, 0.15) is 29.9 Å². The van der Waals surface area contributed by atoms with Gasteiger partial charge >= 0.3 is 6.03 Å². The lowest BCUT2D eigenvalue weighted by atomic mass is 9.89. The van der Waals surface area contributed by atoms with Crippen molar-refractivity contribution in [1.82, 2.24) is 9.88 Å². The molecule has 0 atom stereocenters. The number of nitrogens with one attached hydrogen (secondary N) is 1. The van der Waals surface area contributed by atoms with Gasteiger partial charge in [0, 0.05) is 22.8 Å². The van der Waals surface area contributed by atoms with Gasteiger partial charge in [0.25, 0.3) is 0 Å². The van der Waals surface area contributed by atoms with Crippen molar-refractivity contribution in [2.45, 2.75) is 25.3 Å². The highest BCUT2D eigenvalue weighted by Gasteiger charge is 2.22. The van der Waals surface area contributed by atoms with Crippen molar-refractivity contribution in [2.75, 3.05) is 25.0 Å². The first-order valence-electron chi connectivity index (χ1n) is 9.52. The van der Waals surface area contributed by atoms with E-state index in [0.717, 1.165) is 42.7 Å². The zero-order valence-corrected chi connectivity index (χ0v) is 15.7. The third-order valence-electron chi connectivity index (χ3n) is 5.62. The maximum absolute atomic E-state index is 12.1. The van der Waals surface area contributed by atoms with Crippen molar-refractivity contribution in [3.8, 4) is 0 Å². The number of aromatic amines is 1. The van der Waals surface area contributed by atoms with E-state index in [1.54, 1.807) is 4.90 Å². The van der Waals surface area contributed by atoms with Gasteiger partial charge in [-0.2, -0.15) is 0 Å². The minimum atomic E-state index is -0.436. The summed E-state index contributed by atoms with van der Waals surface area (Å²) in [5, 5.41) is 1.20. The molecule has 2 heterocycles. The molecule has 0 spiro atoms. The Labute approximate surface area is 159 Å². The standard InChI is InChI=1S/C22H26N4O/c1-25-11-9-17(10-12-25)20-14-24-21-8-7-18(13-19(20)21)26(22(23)27)15-16-5-3-2-4-6-16/h2-8,13-14,17,24H,9-12,15H2,1H3,(H2,23,27). The summed E-state index contributed by atoms with van der Waals surface area (Å²) in [6.45, 7) is 2.71. The lowest BCUT2D eigenvalue weighted by Gasteiger charge is -2.29. The molecule has 2 amide bonds. The molecule has 1 aromatic heterocycles. The third-order valence-corrected chi connectivity index (χ3v) is 5.62. The summed E-state index contributed by atoms with van der Waals surface area (Å²) in [5.41, 5.74) is 10.1. The molecule has 2 aromatic carbocycles. The van der Waals surface area contributed by atoms with Crippen molar-refractivity contribution in [2.24, 2.45) is 5.73 Å². The van der Waals surface area contributed by atoms with Crippen molar-refractivity contribution >= 4 is 22.6 Å². The summed E-state index contributed by atoms with van der Waals surface area (Å²) in [6.07, 6.45) is 4.46. The molecule has 3 aromatic rings. The highest BCUT2D eigenvalue weighted by molar-refractivity contribution is 5.95. The number of nitrogens with zero attached hydrogens (tertiary/aromatic N) is 2. The number of amides is 2. The molecule has 1 fully saturated rings. The van der Waals surface area contributed by atoms with Crippen LogP contribution in [0, 0.1) is 0 Å². The molecule has 3 N–H and O–H groups in total. The largest absolute Gasteiger partial charge is 0.361 e. The number of primary amides is 1. The van der Waals surface area contributed by atoms with E-state index in [2.05, 4.69) is 29.2 Å². The normalized spacial score (nSPS) is 15.9. The highest BCUT2D eigenvalue weighted by Crippen LogP contribution is 2.34. The van der Waals surface area contributed by atoms with Crippen LogP contribution in [-0.4, -0.2) is 36.1 Å². The summed E-state index contributed by atoms with van der Waals surface area (Å²) < 4.78 is 0. The maximum atomic E-state index is 12.1. The number of H-pyrrole nitrogens is 1. The van der Waals surface area contributed by atoms with Gasteiger partial charge in [-0.15, -0.1) is 0 Å². The number of benzene rings is 2. The first-order chi connectivity index (χ1) is 13.1. The fourth-order valence-corrected chi connectivity index (χ4v) is 4.02. The predicted molar refractivity (Wildman–Crippen MR) is 110 cm³/mol. The molecule has 0 bridgehead atoms. The number of piperidine rings is 1. The van der Waals surface area contributed by atoms with Crippen LogP contribution in [0.3, 0.4) is 0 Å². The lowest BCUT2D eigenvalue weighted by molar-refractivity contribution is 0.253. The Hall–Kier alpha value is -2.79. The minimum Gasteiger partial charge on any atom is -0.361 e. The van der Waals surface area contributed by atoms with Gasteiger partial charge in [0.05, 0.1) is 6.54 Å². The number of hydrogen-bond acceptors (Lipinski definition) is 2. The highest BCUT2D eigenvalue weighted by atomic mass is 16.2. The van der Waals surface area contributed by atoms with E-state index in [0.29, 0.717) is 12.5 Å². The van der Waals surface area contributed by atoms with Gasteiger partial charge in [-0.05, 0) is 68.2 Å². The quantitative estimate of drug-likeness (QED) is 0.735. The molecule has 4 rings (SSSR count). The molecule has 5 heteroatoms. The van der Waals surface area contributed by atoms with Gasteiger partial charge in [0.15, 0.2) is 0 Å². The van der Waals surface area contributed by atoms with Crippen molar-refractivity contribution in [3.63, 3.8) is 0 Å². The fourth-order valence-electron chi connectivity index (χ4n) is 4.02. The Morgan fingerprint density at radius 2 is 1.93 bits per heavy atom. The SMILES string of the molecule is CN1CCC(c2c[nH]c3ccc(N(Cc4ccccc4)C(N)=O)cc23)CC1. The topological polar surface area (TPSA) is 65.4 Å². The predicted octanol–water partition coefficient (Wildman–Crippen LogP) is 4.06. The number of anilines is 1. The van der Waals surface area contributed by atoms with E-state index in [4.69, 9.17) is 5.73 Å². The van der Waals surface area contributed by atoms with E-state index in [9.17, 15) is 4.79 Å². The van der Waals surface area contributed by atoms with Gasteiger partial charge in [-0.3, -0.25) is 4.90 Å². The molecule has 0 aliphatic carbocycles. The van der Waals surface area contributed by atoms with Gasteiger partial charge < -0.3 is 15.6 Å². The molecular weight excluding hydrogens is 336 g/mol. The molecule has 0 radical (unpaired) electrons. The van der Waals surface area contributed by atoms with Crippen LogP contribution in [0.15, 0.2) is 54.7 Å². The van der Waals surface area contributed by atoms with Crippen LogP contribution in [0.4, 0.5) is 10.5 Å². The van der Waals surface area contributed by atoms with E-state index in [1.807, 2.05) is 42.5 Å². The molecule has 0 unspecified atom stereocenters. The summed E-state index contributed by atoms with van der Waals surface area (Å²) >= 11 is 0. The number of carbonyl (C=O) groups excluding carboxylic acids is 1. The number of fused-ring (bicyclic) bond motifs is 1. The van der Waals surface area contributed by atoms with Crippen molar-refractivity contribution in [3.05, 3.63) is 65.9 Å². The number of hydrogen-bond donors (Lipinski definition) is 2. The van der Waals surface area contributed by atoms with E-state index in [-0.39, 0.29) is 0 Å². The monoisotopic (exact) mass is 362 g/mol. The maximum Gasteiger partial charge on any atom is 0.319 e. The molecule has 5 nitrogen and oxygen atoms in total. The Morgan fingerprint density at radius 1 is 1.19 bits per heavy atom. The number of likely N-dealkylation sites (tertiary alicyclic amines) is 1. The third kappa shape index (κ3) is 3.69. The van der Waals surface area contributed by atoms with Crippen LogP contribution in [-0.2, 0) is 6.54 Å². The molecule has 1 aliphatic rings. The van der Waals surface area contributed by atoms with Gasteiger partial charge in [0.2, 0.25) is 0 Å². The average molecular weight is 362 g/mol. The second kappa shape index (κ2) is 7.45. The molecule has 140 valence electrons. The molecule has 27 heavy (non-hydrogen) atoms. The van der Waals surface area contributed by atoms with Gasteiger partial charge in [-0.1, -0.05) is 30.3 Å². The van der Waals surface area contributed by atoms with E-state index in [1.165, 1.54) is 10.9 Å². The summed E-state index contributed by atoms with van der Waals surface area (Å²) in [6, 6.07) is 15.6. The zero-order chi connectivity index (χ0) is 18.8. The molecule has 1 saturated heterocycles. The minimum absolute atomic E-state index is 0.436. The van der Waals surface area contributed by atoms with E-state index >= 15 is 0 Å². The van der Waals surface area contributed by atoms with Crippen molar-refractivity contribution < 1.29 is 4.79 Å².